The van der Waals surface area contributed by atoms with Crippen molar-refractivity contribution < 1.29 is 9.72 Å². The van der Waals surface area contributed by atoms with Gasteiger partial charge in [0.05, 0.1) is 15.4 Å². The Bertz CT molecular complexity index is 643. The molecule has 5 nitrogen and oxygen atoms in total. The Labute approximate surface area is 132 Å². The first-order valence-electron chi connectivity index (χ1n) is 6.46. The molecule has 2 rings (SSSR count). The predicted octanol–water partition coefficient (Wildman–Crippen LogP) is 3.59. The summed E-state index contributed by atoms with van der Waals surface area (Å²) in [5, 5.41) is 11.0. The van der Waals surface area contributed by atoms with Crippen LogP contribution in [-0.2, 0) is 4.79 Å². The van der Waals surface area contributed by atoms with Crippen molar-refractivity contribution in [3.8, 4) is 0 Å². The van der Waals surface area contributed by atoms with Crippen LogP contribution in [0.4, 0.5) is 5.69 Å². The number of hydrogen-bond donors (Lipinski definition) is 0. The Morgan fingerprint density at radius 3 is 2.76 bits per heavy atom. The van der Waals surface area contributed by atoms with Crippen LogP contribution >= 0.6 is 24.0 Å². The third kappa shape index (κ3) is 3.14. The van der Waals surface area contributed by atoms with E-state index in [-0.39, 0.29) is 17.6 Å². The van der Waals surface area contributed by atoms with Crippen molar-refractivity contribution in [3.63, 3.8) is 0 Å². The Balaban J connectivity index is 2.38. The number of carbonyl (C=O) groups is 1. The van der Waals surface area contributed by atoms with Gasteiger partial charge in [-0.2, -0.15) is 0 Å². The molecule has 1 fully saturated rings. The molecule has 0 bridgehead atoms. The quantitative estimate of drug-likeness (QED) is 0.367. The first kappa shape index (κ1) is 15.7. The highest BCUT2D eigenvalue weighted by Gasteiger charge is 2.35. The van der Waals surface area contributed by atoms with Crippen LogP contribution in [0, 0.1) is 10.1 Å². The smallest absolute Gasteiger partial charge is 0.276 e. The number of hydrogen-bond acceptors (Lipinski definition) is 5. The van der Waals surface area contributed by atoms with Crippen LogP contribution in [0.5, 0.6) is 0 Å². The number of thioether (sulfide) groups is 1. The van der Waals surface area contributed by atoms with Gasteiger partial charge in [-0.1, -0.05) is 43.0 Å². The molecule has 7 heteroatoms. The minimum absolute atomic E-state index is 0.0219. The Morgan fingerprint density at radius 2 is 2.14 bits per heavy atom. The lowest BCUT2D eigenvalue weighted by Gasteiger charge is -2.21. The zero-order valence-electron chi connectivity index (χ0n) is 11.6. The number of nitro benzene ring substituents is 1. The van der Waals surface area contributed by atoms with Gasteiger partial charge in [0.1, 0.15) is 4.32 Å². The summed E-state index contributed by atoms with van der Waals surface area (Å²) >= 11 is 6.42. The number of benzene rings is 1. The van der Waals surface area contributed by atoms with Gasteiger partial charge in [0.2, 0.25) is 0 Å². The molecule has 0 aliphatic carbocycles. The number of carbonyl (C=O) groups excluding carboxylic acids is 1. The molecule has 1 aliphatic rings. The van der Waals surface area contributed by atoms with Gasteiger partial charge in [0.15, 0.2) is 0 Å². The van der Waals surface area contributed by atoms with Crippen molar-refractivity contribution in [2.75, 3.05) is 0 Å². The van der Waals surface area contributed by atoms with Crippen molar-refractivity contribution >= 4 is 46.0 Å². The summed E-state index contributed by atoms with van der Waals surface area (Å²) < 4.78 is 0.499. The molecule has 1 aliphatic heterocycles. The van der Waals surface area contributed by atoms with Gasteiger partial charge >= 0.3 is 0 Å². The van der Waals surface area contributed by atoms with E-state index in [0.29, 0.717) is 14.8 Å². The summed E-state index contributed by atoms with van der Waals surface area (Å²) in [6.07, 6.45) is 2.34. The van der Waals surface area contributed by atoms with Crippen molar-refractivity contribution in [1.82, 2.24) is 4.90 Å². The van der Waals surface area contributed by atoms with Crippen molar-refractivity contribution in [2.45, 2.75) is 26.3 Å². The zero-order valence-corrected chi connectivity index (χ0v) is 13.2. The fourth-order valence-electron chi connectivity index (χ4n) is 1.96. The highest BCUT2D eigenvalue weighted by atomic mass is 32.2. The molecule has 0 saturated carbocycles. The maximum atomic E-state index is 12.4. The fourth-order valence-corrected chi connectivity index (χ4v) is 3.41. The number of nitro groups is 1. The molecule has 1 amide bonds. The van der Waals surface area contributed by atoms with Crippen LogP contribution in [0.1, 0.15) is 25.8 Å². The Kier molecular flexibility index (Phi) is 4.74. The second kappa shape index (κ2) is 6.36. The maximum Gasteiger partial charge on any atom is 0.276 e. The molecule has 1 saturated heterocycles. The van der Waals surface area contributed by atoms with Crippen molar-refractivity contribution in [1.29, 1.82) is 0 Å². The molecule has 1 heterocycles. The van der Waals surface area contributed by atoms with E-state index in [4.69, 9.17) is 12.2 Å². The van der Waals surface area contributed by atoms with Crippen molar-refractivity contribution in [2.24, 2.45) is 0 Å². The molecule has 1 aromatic rings. The van der Waals surface area contributed by atoms with Gasteiger partial charge < -0.3 is 0 Å². The third-order valence-electron chi connectivity index (χ3n) is 3.28. The molecule has 1 unspecified atom stereocenters. The number of nitrogens with zero attached hydrogens (tertiary/aromatic N) is 2. The minimum atomic E-state index is -0.457. The average Bonchev–Trinajstić information content (AvgIpc) is 2.73. The maximum absolute atomic E-state index is 12.4. The number of para-hydroxylation sites is 1. The standard InChI is InChI=1S/C14H14N2O3S2/c1-3-9(2)15-13(17)12(21-14(15)20)8-10-6-4-5-7-11(10)16(18)19/h4-9H,3H2,1-2H3. The van der Waals surface area contributed by atoms with E-state index in [2.05, 4.69) is 0 Å². The molecule has 0 spiro atoms. The fraction of sp³-hybridized carbons (Fsp3) is 0.286. The summed E-state index contributed by atoms with van der Waals surface area (Å²) in [6, 6.07) is 6.36. The summed E-state index contributed by atoms with van der Waals surface area (Å²) in [7, 11) is 0. The molecule has 0 radical (unpaired) electrons. The summed E-state index contributed by atoms with van der Waals surface area (Å²) in [6.45, 7) is 3.91. The van der Waals surface area contributed by atoms with E-state index in [1.165, 1.54) is 17.8 Å². The van der Waals surface area contributed by atoms with Crippen LogP contribution in [-0.4, -0.2) is 26.1 Å². The number of thiocarbonyl (C=S) groups is 1. The van der Waals surface area contributed by atoms with E-state index in [0.717, 1.165) is 6.42 Å². The van der Waals surface area contributed by atoms with Gasteiger partial charge in [0, 0.05) is 12.1 Å². The van der Waals surface area contributed by atoms with E-state index < -0.39 is 4.92 Å². The van der Waals surface area contributed by atoms with E-state index >= 15 is 0 Å². The predicted molar refractivity (Wildman–Crippen MR) is 87.9 cm³/mol. The van der Waals surface area contributed by atoms with E-state index in [1.807, 2.05) is 13.8 Å². The molecule has 1 aromatic carbocycles. The molecule has 0 aromatic heterocycles. The Morgan fingerprint density at radius 1 is 1.48 bits per heavy atom. The number of rotatable bonds is 4. The molecule has 110 valence electrons. The topological polar surface area (TPSA) is 63.5 Å². The van der Waals surface area contributed by atoms with Crippen LogP contribution in [0.3, 0.4) is 0 Å². The largest absolute Gasteiger partial charge is 0.290 e. The summed E-state index contributed by atoms with van der Waals surface area (Å²) in [5.74, 6) is -0.183. The van der Waals surface area contributed by atoms with Crippen LogP contribution < -0.4 is 0 Å². The number of amides is 1. The van der Waals surface area contributed by atoms with Gasteiger partial charge in [-0.3, -0.25) is 19.8 Å². The highest BCUT2D eigenvalue weighted by molar-refractivity contribution is 8.26. The molecule has 21 heavy (non-hydrogen) atoms. The lowest BCUT2D eigenvalue weighted by molar-refractivity contribution is -0.385. The third-order valence-corrected chi connectivity index (χ3v) is 4.61. The molecular formula is C14H14N2O3S2. The lowest BCUT2D eigenvalue weighted by Crippen LogP contribution is -2.36. The second-order valence-corrected chi connectivity index (χ2v) is 6.30. The normalized spacial score (nSPS) is 18.4. The van der Waals surface area contributed by atoms with Gasteiger partial charge in [-0.25, -0.2) is 0 Å². The van der Waals surface area contributed by atoms with Crippen molar-refractivity contribution in [3.05, 3.63) is 44.8 Å². The van der Waals surface area contributed by atoms with E-state index in [9.17, 15) is 14.9 Å². The molecule has 1 atom stereocenters. The monoisotopic (exact) mass is 322 g/mol. The molecular weight excluding hydrogens is 308 g/mol. The summed E-state index contributed by atoms with van der Waals surface area (Å²) in [4.78, 5) is 24.9. The van der Waals surface area contributed by atoms with Crippen LogP contribution in [0.15, 0.2) is 29.2 Å². The SMILES string of the molecule is CCC(C)N1C(=O)C(=Cc2ccccc2[N+](=O)[O-])SC1=S. The van der Waals surface area contributed by atoms with Gasteiger partial charge in [-0.15, -0.1) is 0 Å². The first-order chi connectivity index (χ1) is 9.95. The Hall–Kier alpha value is -1.73. The second-order valence-electron chi connectivity index (χ2n) is 4.62. The van der Waals surface area contributed by atoms with Crippen LogP contribution in [0.25, 0.3) is 6.08 Å². The molecule has 0 N–H and O–H groups in total. The summed E-state index contributed by atoms with van der Waals surface area (Å²) in [5.41, 5.74) is 0.387. The minimum Gasteiger partial charge on any atom is -0.290 e. The van der Waals surface area contributed by atoms with E-state index in [1.54, 1.807) is 29.2 Å². The van der Waals surface area contributed by atoms with Crippen LogP contribution in [0.2, 0.25) is 0 Å². The zero-order chi connectivity index (χ0) is 15.6. The van der Waals surface area contributed by atoms with Gasteiger partial charge in [-0.05, 0) is 25.5 Å². The highest BCUT2D eigenvalue weighted by Crippen LogP contribution is 2.35. The van der Waals surface area contributed by atoms with Gasteiger partial charge in [0.25, 0.3) is 11.6 Å². The average molecular weight is 322 g/mol. The first-order valence-corrected chi connectivity index (χ1v) is 7.68. The lowest BCUT2D eigenvalue weighted by atomic mass is 10.1.